The zero-order chi connectivity index (χ0) is 9.52. The molecule has 0 aliphatic carbocycles. The lowest BCUT2D eigenvalue weighted by Gasteiger charge is -2.04. The van der Waals surface area contributed by atoms with Gasteiger partial charge in [0.15, 0.2) is 0 Å². The molecule has 2 nitrogen and oxygen atoms in total. The van der Waals surface area contributed by atoms with Crippen molar-refractivity contribution in [1.82, 2.24) is 4.98 Å². The van der Waals surface area contributed by atoms with E-state index in [1.165, 1.54) is 0 Å². The number of rotatable bonds is 5. The molecule has 0 aromatic carbocycles. The van der Waals surface area contributed by atoms with Crippen LogP contribution in [-0.4, -0.2) is 17.5 Å². The Hall–Kier alpha value is -0.470. The lowest BCUT2D eigenvalue weighted by molar-refractivity contribution is 0.308. The van der Waals surface area contributed by atoms with E-state index < -0.39 is 0 Å². The summed E-state index contributed by atoms with van der Waals surface area (Å²) >= 11 is 11.2. The predicted molar refractivity (Wildman–Crippen MR) is 54.7 cm³/mol. The molecule has 0 atom stereocenters. The molecule has 0 bridgehead atoms. The van der Waals surface area contributed by atoms with Crippen LogP contribution >= 0.6 is 23.2 Å². The number of ether oxygens (including phenoxy) is 1. The molecule has 1 rings (SSSR count). The molecule has 13 heavy (non-hydrogen) atoms. The van der Waals surface area contributed by atoms with Crippen molar-refractivity contribution in [1.29, 1.82) is 0 Å². The third-order valence-electron chi connectivity index (χ3n) is 1.48. The van der Waals surface area contributed by atoms with E-state index in [0.717, 1.165) is 12.8 Å². The average Bonchev–Trinajstić information content (AvgIpc) is 2.13. The molecule has 0 amide bonds. The average molecular weight is 220 g/mol. The first-order chi connectivity index (χ1) is 6.33. The van der Waals surface area contributed by atoms with E-state index in [-0.39, 0.29) is 0 Å². The zero-order valence-corrected chi connectivity index (χ0v) is 8.68. The molecule has 0 aliphatic heterocycles. The molecule has 72 valence electrons. The van der Waals surface area contributed by atoms with Crippen LogP contribution in [0.2, 0.25) is 5.02 Å². The summed E-state index contributed by atoms with van der Waals surface area (Å²) in [6.07, 6.45) is 5.14. The van der Waals surface area contributed by atoms with Gasteiger partial charge in [-0.2, -0.15) is 0 Å². The molecule has 1 aromatic rings. The van der Waals surface area contributed by atoms with Crippen molar-refractivity contribution in [3.05, 3.63) is 23.5 Å². The fourth-order valence-corrected chi connectivity index (χ4v) is 1.21. The van der Waals surface area contributed by atoms with Gasteiger partial charge >= 0.3 is 0 Å². The Morgan fingerprint density at radius 2 is 2.15 bits per heavy atom. The fourth-order valence-electron chi connectivity index (χ4n) is 0.858. The van der Waals surface area contributed by atoms with Gasteiger partial charge in [-0.15, -0.1) is 11.6 Å². The Morgan fingerprint density at radius 1 is 1.31 bits per heavy atom. The minimum Gasteiger partial charge on any atom is -0.492 e. The van der Waals surface area contributed by atoms with Crippen molar-refractivity contribution in [3.8, 4) is 5.75 Å². The van der Waals surface area contributed by atoms with Crippen molar-refractivity contribution in [3.63, 3.8) is 0 Å². The second-order valence-electron chi connectivity index (χ2n) is 2.58. The summed E-state index contributed by atoms with van der Waals surface area (Å²) in [7, 11) is 0. The molecule has 0 saturated carbocycles. The minimum atomic E-state index is 0.592. The number of hydrogen-bond acceptors (Lipinski definition) is 2. The standard InChI is InChI=1S/C9H11Cl2NO/c10-3-1-2-4-13-9-5-8(11)6-12-7-9/h5-7H,1-4H2. The first-order valence-electron chi connectivity index (χ1n) is 4.12. The van der Waals surface area contributed by atoms with Crippen molar-refractivity contribution >= 4 is 23.2 Å². The Balaban J connectivity index is 2.28. The van der Waals surface area contributed by atoms with Gasteiger partial charge in [0.25, 0.3) is 0 Å². The number of pyridine rings is 1. The lowest BCUT2D eigenvalue weighted by Crippen LogP contribution is -1.97. The van der Waals surface area contributed by atoms with E-state index in [9.17, 15) is 0 Å². The van der Waals surface area contributed by atoms with E-state index in [0.29, 0.717) is 23.3 Å². The largest absolute Gasteiger partial charge is 0.492 e. The normalized spacial score (nSPS) is 10.0. The van der Waals surface area contributed by atoms with Gasteiger partial charge in [-0.05, 0) is 12.8 Å². The second kappa shape index (κ2) is 6.06. The third kappa shape index (κ3) is 4.34. The first kappa shape index (κ1) is 10.6. The number of alkyl halides is 1. The molecule has 0 saturated heterocycles. The van der Waals surface area contributed by atoms with Crippen molar-refractivity contribution in [2.24, 2.45) is 0 Å². The Morgan fingerprint density at radius 3 is 2.85 bits per heavy atom. The maximum atomic E-state index is 5.72. The monoisotopic (exact) mass is 219 g/mol. The molecule has 1 aromatic heterocycles. The van der Waals surface area contributed by atoms with E-state index in [2.05, 4.69) is 4.98 Å². The van der Waals surface area contributed by atoms with Crippen LogP contribution in [0.25, 0.3) is 0 Å². The maximum absolute atomic E-state index is 5.72. The van der Waals surface area contributed by atoms with Crippen LogP contribution in [0.15, 0.2) is 18.5 Å². The van der Waals surface area contributed by atoms with Crippen LogP contribution in [0.4, 0.5) is 0 Å². The molecule has 0 N–H and O–H groups in total. The summed E-state index contributed by atoms with van der Waals surface area (Å²) in [4.78, 5) is 3.90. The van der Waals surface area contributed by atoms with Crippen molar-refractivity contribution < 1.29 is 4.74 Å². The van der Waals surface area contributed by atoms with E-state index in [1.807, 2.05) is 0 Å². The summed E-state index contributed by atoms with van der Waals surface area (Å²) < 4.78 is 5.38. The minimum absolute atomic E-state index is 0.592. The number of unbranched alkanes of at least 4 members (excludes halogenated alkanes) is 1. The maximum Gasteiger partial charge on any atom is 0.139 e. The first-order valence-corrected chi connectivity index (χ1v) is 5.03. The highest BCUT2D eigenvalue weighted by Crippen LogP contribution is 2.15. The number of nitrogens with zero attached hydrogens (tertiary/aromatic N) is 1. The van der Waals surface area contributed by atoms with Gasteiger partial charge in [-0.3, -0.25) is 4.98 Å². The molecule has 0 spiro atoms. The van der Waals surface area contributed by atoms with Crippen LogP contribution in [-0.2, 0) is 0 Å². The highest BCUT2D eigenvalue weighted by molar-refractivity contribution is 6.30. The van der Waals surface area contributed by atoms with E-state index in [1.54, 1.807) is 18.5 Å². The van der Waals surface area contributed by atoms with E-state index >= 15 is 0 Å². The highest BCUT2D eigenvalue weighted by atomic mass is 35.5. The smallest absolute Gasteiger partial charge is 0.139 e. The molecule has 0 unspecified atom stereocenters. The third-order valence-corrected chi connectivity index (χ3v) is 1.95. The second-order valence-corrected chi connectivity index (χ2v) is 3.40. The number of aromatic nitrogens is 1. The predicted octanol–water partition coefficient (Wildman–Crippen LogP) is 3.13. The molecule has 0 aliphatic rings. The number of halogens is 2. The summed E-state index contributed by atoms with van der Waals surface area (Å²) in [5, 5.41) is 0.592. The van der Waals surface area contributed by atoms with E-state index in [4.69, 9.17) is 27.9 Å². The van der Waals surface area contributed by atoms with Gasteiger partial charge in [0.2, 0.25) is 0 Å². The number of hydrogen-bond donors (Lipinski definition) is 0. The zero-order valence-electron chi connectivity index (χ0n) is 7.17. The van der Waals surface area contributed by atoms with Gasteiger partial charge in [-0.1, -0.05) is 11.6 Å². The van der Waals surface area contributed by atoms with Gasteiger partial charge < -0.3 is 4.74 Å². The van der Waals surface area contributed by atoms with Crippen LogP contribution in [0.5, 0.6) is 5.75 Å². The molecule has 0 fully saturated rings. The van der Waals surface area contributed by atoms with Crippen molar-refractivity contribution in [2.45, 2.75) is 12.8 Å². The Bertz CT molecular complexity index is 255. The summed E-state index contributed by atoms with van der Waals surface area (Å²) in [6, 6.07) is 1.75. The fraction of sp³-hybridized carbons (Fsp3) is 0.444. The van der Waals surface area contributed by atoms with Crippen LogP contribution in [0, 0.1) is 0 Å². The van der Waals surface area contributed by atoms with Crippen LogP contribution in [0.1, 0.15) is 12.8 Å². The quantitative estimate of drug-likeness (QED) is 0.561. The molecule has 4 heteroatoms. The topological polar surface area (TPSA) is 22.1 Å². The summed E-state index contributed by atoms with van der Waals surface area (Å²) in [6.45, 7) is 0.661. The summed E-state index contributed by atoms with van der Waals surface area (Å²) in [5.41, 5.74) is 0. The molecule has 1 heterocycles. The lowest BCUT2D eigenvalue weighted by atomic mass is 10.3. The van der Waals surface area contributed by atoms with Crippen LogP contribution < -0.4 is 4.74 Å². The molecule has 0 radical (unpaired) electrons. The van der Waals surface area contributed by atoms with Gasteiger partial charge in [-0.25, -0.2) is 0 Å². The van der Waals surface area contributed by atoms with Crippen LogP contribution in [0.3, 0.4) is 0 Å². The summed E-state index contributed by atoms with van der Waals surface area (Å²) in [5.74, 6) is 1.39. The van der Waals surface area contributed by atoms with Gasteiger partial charge in [0.05, 0.1) is 17.8 Å². The molecular weight excluding hydrogens is 209 g/mol. The Kier molecular flexibility index (Phi) is 4.94. The highest BCUT2D eigenvalue weighted by Gasteiger charge is 1.95. The van der Waals surface area contributed by atoms with Gasteiger partial charge in [0, 0.05) is 18.1 Å². The Labute approximate surface area is 87.8 Å². The SMILES string of the molecule is ClCCCCOc1cncc(Cl)c1. The van der Waals surface area contributed by atoms with Gasteiger partial charge in [0.1, 0.15) is 5.75 Å². The van der Waals surface area contributed by atoms with Crippen molar-refractivity contribution in [2.75, 3.05) is 12.5 Å². The molecular formula is C9H11Cl2NO.